The van der Waals surface area contributed by atoms with Gasteiger partial charge in [-0.2, -0.15) is 0 Å². The Morgan fingerprint density at radius 1 is 1.43 bits per heavy atom. The van der Waals surface area contributed by atoms with Crippen LogP contribution in [-0.4, -0.2) is 56.8 Å². The highest BCUT2D eigenvalue weighted by molar-refractivity contribution is 7.89. The number of morpholine rings is 1. The van der Waals surface area contributed by atoms with E-state index in [-0.39, 0.29) is 10.9 Å². The van der Waals surface area contributed by atoms with Crippen molar-refractivity contribution in [3.05, 3.63) is 18.0 Å². The first-order valence-corrected chi connectivity index (χ1v) is 8.58. The quantitative estimate of drug-likeness (QED) is 0.737. The van der Waals surface area contributed by atoms with E-state index in [1.54, 1.807) is 23.9 Å². The van der Waals surface area contributed by atoms with Gasteiger partial charge >= 0.3 is 0 Å². The number of sulfonamides is 1. The van der Waals surface area contributed by atoms with E-state index >= 15 is 0 Å². The van der Waals surface area contributed by atoms with E-state index in [0.29, 0.717) is 26.3 Å². The van der Waals surface area contributed by atoms with Crippen LogP contribution in [0.1, 0.15) is 12.6 Å². The van der Waals surface area contributed by atoms with Crippen LogP contribution in [0.2, 0.25) is 0 Å². The fourth-order valence-electron chi connectivity index (χ4n) is 2.47. The largest absolute Gasteiger partial charge is 0.379 e. The molecule has 1 atom stereocenters. The summed E-state index contributed by atoms with van der Waals surface area (Å²) in [6, 6.07) is 1.46. The predicted octanol–water partition coefficient (Wildman–Crippen LogP) is -0.517. The lowest BCUT2D eigenvalue weighted by Gasteiger charge is -2.29. The molecule has 1 unspecified atom stereocenters. The van der Waals surface area contributed by atoms with Crippen molar-refractivity contribution in [2.45, 2.75) is 24.4 Å². The molecule has 8 heteroatoms. The summed E-state index contributed by atoms with van der Waals surface area (Å²) < 4.78 is 34.5. The van der Waals surface area contributed by atoms with Gasteiger partial charge in [0.1, 0.15) is 0 Å². The number of hydrogen-bond donors (Lipinski definition) is 2. The molecule has 21 heavy (non-hydrogen) atoms. The molecule has 1 aromatic heterocycles. The molecule has 2 heterocycles. The molecule has 1 aliphatic heterocycles. The molecule has 1 saturated heterocycles. The van der Waals surface area contributed by atoms with Gasteiger partial charge in [-0.05, 0) is 13.0 Å². The van der Waals surface area contributed by atoms with Crippen LogP contribution in [0.15, 0.2) is 17.2 Å². The van der Waals surface area contributed by atoms with Crippen molar-refractivity contribution in [1.82, 2.24) is 14.2 Å². The van der Waals surface area contributed by atoms with Crippen molar-refractivity contribution < 1.29 is 13.2 Å². The van der Waals surface area contributed by atoms with Crippen molar-refractivity contribution in [2.75, 3.05) is 32.8 Å². The second-order valence-corrected chi connectivity index (χ2v) is 7.13. The number of aromatic nitrogens is 1. The van der Waals surface area contributed by atoms with Crippen molar-refractivity contribution in [3.8, 4) is 0 Å². The molecule has 0 spiro atoms. The molecule has 0 radical (unpaired) electrons. The van der Waals surface area contributed by atoms with E-state index in [2.05, 4.69) is 9.62 Å². The average molecular weight is 316 g/mol. The summed E-state index contributed by atoms with van der Waals surface area (Å²) in [6.45, 7) is 5.97. The molecule has 0 saturated carbocycles. The molecule has 1 aromatic rings. The number of rotatable bonds is 6. The van der Waals surface area contributed by atoms with E-state index < -0.39 is 10.0 Å². The predicted molar refractivity (Wildman–Crippen MR) is 80.3 cm³/mol. The van der Waals surface area contributed by atoms with Gasteiger partial charge in [-0.1, -0.05) is 0 Å². The lowest BCUT2D eigenvalue weighted by atomic mass is 10.3. The molecule has 2 rings (SSSR count). The normalized spacial score (nSPS) is 18.8. The minimum Gasteiger partial charge on any atom is -0.379 e. The highest BCUT2D eigenvalue weighted by Crippen LogP contribution is 2.13. The van der Waals surface area contributed by atoms with Crippen molar-refractivity contribution in [2.24, 2.45) is 12.8 Å². The van der Waals surface area contributed by atoms with Crippen LogP contribution < -0.4 is 10.5 Å². The van der Waals surface area contributed by atoms with E-state index in [4.69, 9.17) is 10.5 Å². The zero-order valence-corrected chi connectivity index (χ0v) is 13.4. The highest BCUT2D eigenvalue weighted by atomic mass is 32.2. The molecule has 0 amide bonds. The maximum atomic E-state index is 12.4. The van der Waals surface area contributed by atoms with Gasteiger partial charge in [0.25, 0.3) is 0 Å². The molecule has 0 aliphatic carbocycles. The molecular formula is C13H24N4O3S. The summed E-state index contributed by atoms with van der Waals surface area (Å²) in [5.74, 6) is 0. The second-order valence-electron chi connectivity index (χ2n) is 5.42. The number of aryl methyl sites for hydroxylation is 1. The summed E-state index contributed by atoms with van der Waals surface area (Å²) in [5, 5.41) is 0. The van der Waals surface area contributed by atoms with Crippen molar-refractivity contribution in [1.29, 1.82) is 0 Å². The maximum absolute atomic E-state index is 12.4. The van der Waals surface area contributed by atoms with Gasteiger partial charge in [-0.15, -0.1) is 0 Å². The molecular weight excluding hydrogens is 292 g/mol. The summed E-state index contributed by atoms with van der Waals surface area (Å²) in [6.07, 6.45) is 1.59. The third kappa shape index (κ3) is 4.27. The van der Waals surface area contributed by atoms with Gasteiger partial charge in [0.2, 0.25) is 10.0 Å². The van der Waals surface area contributed by atoms with Gasteiger partial charge in [0.05, 0.1) is 18.1 Å². The van der Waals surface area contributed by atoms with Gasteiger partial charge in [-0.3, -0.25) is 4.90 Å². The van der Waals surface area contributed by atoms with Crippen molar-refractivity contribution >= 4 is 10.0 Å². The number of ether oxygens (including phenoxy) is 1. The Labute approximate surface area is 126 Å². The molecule has 0 bridgehead atoms. The zero-order valence-electron chi connectivity index (χ0n) is 12.6. The summed E-state index contributed by atoms with van der Waals surface area (Å²) in [5.41, 5.74) is 6.37. The molecule has 3 N–H and O–H groups in total. The first kappa shape index (κ1) is 16.4. The molecule has 0 aromatic carbocycles. The van der Waals surface area contributed by atoms with E-state index in [9.17, 15) is 8.42 Å². The topological polar surface area (TPSA) is 89.6 Å². The monoisotopic (exact) mass is 316 g/mol. The standard InChI is InChI=1S/C13H24N4O3S/c1-11(9-17-3-5-20-6-4-17)15-21(18,19)13-7-12(8-14)16(2)10-13/h7,10-11,15H,3-6,8-9,14H2,1-2H3. The zero-order chi connectivity index (χ0) is 15.5. The van der Waals surface area contributed by atoms with Gasteiger partial charge < -0.3 is 15.0 Å². The van der Waals surface area contributed by atoms with E-state index in [1.165, 1.54) is 0 Å². The van der Waals surface area contributed by atoms with Crippen LogP contribution in [0.25, 0.3) is 0 Å². The summed E-state index contributed by atoms with van der Waals surface area (Å²) in [4.78, 5) is 2.46. The Morgan fingerprint density at radius 3 is 2.67 bits per heavy atom. The number of nitrogens with two attached hydrogens (primary N) is 1. The number of nitrogens with zero attached hydrogens (tertiary/aromatic N) is 2. The van der Waals surface area contributed by atoms with Crippen molar-refractivity contribution in [3.63, 3.8) is 0 Å². The Bertz CT molecular complexity index is 564. The van der Waals surface area contributed by atoms with Crippen LogP contribution in [0.4, 0.5) is 0 Å². The molecule has 7 nitrogen and oxygen atoms in total. The van der Waals surface area contributed by atoms with Crippen LogP contribution in [-0.2, 0) is 28.4 Å². The first-order valence-electron chi connectivity index (χ1n) is 7.10. The minimum atomic E-state index is -3.51. The maximum Gasteiger partial charge on any atom is 0.242 e. The van der Waals surface area contributed by atoms with Gasteiger partial charge in [-0.25, -0.2) is 13.1 Å². The van der Waals surface area contributed by atoms with E-state index in [1.807, 2.05) is 6.92 Å². The van der Waals surface area contributed by atoms with Crippen LogP contribution in [0, 0.1) is 0 Å². The highest BCUT2D eigenvalue weighted by Gasteiger charge is 2.21. The second kappa shape index (κ2) is 6.89. The Hall–Kier alpha value is -0.930. The SMILES string of the molecule is CC(CN1CCOCC1)NS(=O)(=O)c1cc(CN)n(C)c1. The summed E-state index contributed by atoms with van der Waals surface area (Å²) in [7, 11) is -1.72. The smallest absolute Gasteiger partial charge is 0.242 e. The fourth-order valence-corrected chi connectivity index (χ4v) is 3.80. The number of hydrogen-bond acceptors (Lipinski definition) is 5. The van der Waals surface area contributed by atoms with Crippen LogP contribution in [0.3, 0.4) is 0 Å². The van der Waals surface area contributed by atoms with Crippen LogP contribution >= 0.6 is 0 Å². The van der Waals surface area contributed by atoms with Gasteiger partial charge in [0.15, 0.2) is 0 Å². The molecule has 120 valence electrons. The average Bonchev–Trinajstić information content (AvgIpc) is 2.81. The Kier molecular flexibility index (Phi) is 5.39. The lowest BCUT2D eigenvalue weighted by Crippen LogP contribution is -2.45. The third-order valence-electron chi connectivity index (χ3n) is 3.59. The van der Waals surface area contributed by atoms with E-state index in [0.717, 1.165) is 18.8 Å². The molecule has 1 aliphatic rings. The Morgan fingerprint density at radius 2 is 2.10 bits per heavy atom. The summed E-state index contributed by atoms with van der Waals surface area (Å²) >= 11 is 0. The third-order valence-corrected chi connectivity index (χ3v) is 5.15. The number of nitrogens with one attached hydrogen (secondary N) is 1. The van der Waals surface area contributed by atoms with Gasteiger partial charge in [0, 0.05) is 51.2 Å². The Balaban J connectivity index is 1.98. The lowest BCUT2D eigenvalue weighted by molar-refractivity contribution is 0.0354. The fraction of sp³-hybridized carbons (Fsp3) is 0.692. The van der Waals surface area contributed by atoms with Crippen LogP contribution in [0.5, 0.6) is 0 Å². The minimum absolute atomic E-state index is 0.158. The molecule has 1 fully saturated rings. The first-order chi connectivity index (χ1) is 9.92.